The van der Waals surface area contributed by atoms with Crippen LogP contribution in [0.4, 0.5) is 0 Å². The van der Waals surface area contributed by atoms with Crippen LogP contribution in [0, 0.1) is 23.2 Å². The second-order valence-electron chi connectivity index (χ2n) is 16.4. The Labute approximate surface area is 331 Å². The Morgan fingerprint density at radius 3 is 1.88 bits per heavy atom. The number of carbonyl (C=O) groups is 7. The number of benzene rings is 1. The number of rotatable bonds is 8. The van der Waals surface area contributed by atoms with Crippen LogP contribution in [0.15, 0.2) is 42.5 Å². The van der Waals surface area contributed by atoms with Crippen molar-refractivity contribution in [3.05, 3.63) is 48.0 Å². The monoisotopic (exact) mass is 802 g/mol. The average molecular weight is 803 g/mol. The zero-order valence-corrected chi connectivity index (χ0v) is 34.0. The van der Waals surface area contributed by atoms with E-state index in [2.05, 4.69) is 0 Å². The van der Waals surface area contributed by atoms with Crippen LogP contribution in [-0.4, -0.2) is 105 Å². The molecular formula is C41H54O16. The summed E-state index contributed by atoms with van der Waals surface area (Å²) in [6.07, 6.45) is -9.88. The summed E-state index contributed by atoms with van der Waals surface area (Å²) in [4.78, 5) is 93.4. The maximum atomic E-state index is 14.3. The fourth-order valence-corrected chi connectivity index (χ4v) is 8.40. The predicted molar refractivity (Wildman–Crippen MR) is 196 cm³/mol. The minimum absolute atomic E-state index is 0.0279. The SMILES string of the molecule is CC(=O)O[C@H]1[C@@H](OC(C)=O)C(C)(C)/C=C/[C@H](C)[C@@H](OC(C)=O)[C@@]2(O)C[C@@](C)(OC(C)=O)[C@@H]3OC(=O)CC[C@@](O)([C@@H]1OC(=O)C(C)C)[C@H](OC(=O)c1ccccc1)[C@@H]32. The van der Waals surface area contributed by atoms with Gasteiger partial charge in [0.2, 0.25) is 0 Å². The molecule has 1 aromatic carbocycles. The molecule has 2 aliphatic carbocycles. The lowest BCUT2D eigenvalue weighted by Gasteiger charge is -2.52. The van der Waals surface area contributed by atoms with Gasteiger partial charge in [0, 0.05) is 51.9 Å². The number of ether oxygens (including phenoxy) is 7. The van der Waals surface area contributed by atoms with Gasteiger partial charge in [0.25, 0.3) is 0 Å². The highest BCUT2D eigenvalue weighted by Gasteiger charge is 2.74. The molecule has 16 nitrogen and oxygen atoms in total. The van der Waals surface area contributed by atoms with E-state index in [1.165, 1.54) is 32.9 Å². The first kappa shape index (κ1) is 44.9. The van der Waals surface area contributed by atoms with Gasteiger partial charge in [-0.2, -0.15) is 0 Å². The van der Waals surface area contributed by atoms with E-state index < -0.39 is 138 Å². The van der Waals surface area contributed by atoms with Crippen molar-refractivity contribution in [1.82, 2.24) is 0 Å². The summed E-state index contributed by atoms with van der Waals surface area (Å²) in [5.74, 6) is -10.2. The minimum atomic E-state index is -2.84. The van der Waals surface area contributed by atoms with Gasteiger partial charge in [-0.05, 0) is 25.5 Å². The highest BCUT2D eigenvalue weighted by molar-refractivity contribution is 5.89. The summed E-state index contributed by atoms with van der Waals surface area (Å²) in [5.41, 5.74) is -8.66. The van der Waals surface area contributed by atoms with Crippen LogP contribution in [0.1, 0.15) is 98.9 Å². The van der Waals surface area contributed by atoms with Crippen LogP contribution in [0.2, 0.25) is 0 Å². The molecule has 1 saturated carbocycles. The van der Waals surface area contributed by atoms with Crippen molar-refractivity contribution in [2.24, 2.45) is 23.2 Å². The number of carbonyl (C=O) groups excluding carboxylic acids is 7. The maximum Gasteiger partial charge on any atom is 0.338 e. The van der Waals surface area contributed by atoms with Crippen molar-refractivity contribution in [1.29, 1.82) is 0 Å². The van der Waals surface area contributed by atoms with Crippen molar-refractivity contribution < 1.29 is 76.9 Å². The molecule has 0 unspecified atom stereocenters. The van der Waals surface area contributed by atoms with E-state index >= 15 is 0 Å². The molecule has 2 bridgehead atoms. The molecule has 1 aromatic rings. The number of esters is 7. The van der Waals surface area contributed by atoms with Gasteiger partial charge in [0.1, 0.15) is 29.0 Å². The third-order valence-electron chi connectivity index (χ3n) is 10.8. The summed E-state index contributed by atoms with van der Waals surface area (Å²) >= 11 is 0. The van der Waals surface area contributed by atoms with Crippen LogP contribution in [0.25, 0.3) is 0 Å². The van der Waals surface area contributed by atoms with E-state index in [0.717, 1.165) is 27.7 Å². The molecule has 0 radical (unpaired) electrons. The third kappa shape index (κ3) is 9.49. The van der Waals surface area contributed by atoms with Gasteiger partial charge in [0.15, 0.2) is 24.4 Å². The lowest BCUT2D eigenvalue weighted by molar-refractivity contribution is -0.263. The Kier molecular flexibility index (Phi) is 13.3. The first-order valence-corrected chi connectivity index (χ1v) is 18.9. The van der Waals surface area contributed by atoms with Gasteiger partial charge in [-0.15, -0.1) is 0 Å². The van der Waals surface area contributed by atoms with Crippen molar-refractivity contribution in [3.63, 3.8) is 0 Å². The molecule has 1 aliphatic heterocycles. The predicted octanol–water partition coefficient (Wildman–Crippen LogP) is 3.32. The Morgan fingerprint density at radius 1 is 0.754 bits per heavy atom. The van der Waals surface area contributed by atoms with Gasteiger partial charge < -0.3 is 43.4 Å². The molecule has 16 heteroatoms. The van der Waals surface area contributed by atoms with Gasteiger partial charge in [-0.1, -0.05) is 65.0 Å². The molecule has 0 aromatic heterocycles. The molecule has 57 heavy (non-hydrogen) atoms. The molecule has 1 saturated heterocycles. The second-order valence-corrected chi connectivity index (χ2v) is 16.4. The van der Waals surface area contributed by atoms with E-state index in [1.807, 2.05) is 0 Å². The average Bonchev–Trinajstić information content (AvgIpc) is 3.31. The Bertz CT molecular complexity index is 1750. The fraction of sp³-hybridized carbons (Fsp3) is 0.634. The zero-order chi connectivity index (χ0) is 42.8. The highest BCUT2D eigenvalue weighted by Crippen LogP contribution is 2.56. The van der Waals surface area contributed by atoms with Crippen LogP contribution >= 0.6 is 0 Å². The van der Waals surface area contributed by atoms with Gasteiger partial charge in [-0.25, -0.2) is 4.79 Å². The first-order valence-electron chi connectivity index (χ1n) is 18.9. The Morgan fingerprint density at radius 2 is 1.33 bits per heavy atom. The van der Waals surface area contributed by atoms with E-state index in [9.17, 15) is 43.8 Å². The molecule has 3 aliphatic rings. The van der Waals surface area contributed by atoms with Crippen molar-refractivity contribution >= 4 is 41.8 Å². The van der Waals surface area contributed by atoms with Crippen molar-refractivity contribution in [3.8, 4) is 0 Å². The molecule has 0 spiro atoms. The second kappa shape index (κ2) is 16.9. The summed E-state index contributed by atoms with van der Waals surface area (Å²) in [5, 5.41) is 26.9. The van der Waals surface area contributed by atoms with Crippen LogP contribution in [0.3, 0.4) is 0 Å². The number of fused-ring (bicyclic) bond motifs is 1. The molecule has 2 fully saturated rings. The largest absolute Gasteiger partial charge is 0.459 e. The molecule has 0 amide bonds. The first-order chi connectivity index (χ1) is 26.4. The lowest BCUT2D eigenvalue weighted by atomic mass is 9.66. The zero-order valence-electron chi connectivity index (χ0n) is 34.0. The standard InChI is InChI=1S/C41H54O16/c1-21(2)36(47)56-35-30(51-23(4)42)34(53-25(6)44)38(8,9)18-16-22(3)31(52-24(5)43)41(50)20-39(10,57-26(7)45)32-29(41)33(40(35,49)19-17-28(46)54-32)55-37(48)27-14-12-11-13-15-27/h11-16,18,21-22,29-35,49-50H,17,19-20H2,1-10H3/b18-16+/t22-,29+,30-,31+,32+,33+,34+,35+,39+,40-,41+/m0/s1. The molecule has 2 N–H and O–H groups in total. The van der Waals surface area contributed by atoms with E-state index in [0.29, 0.717) is 0 Å². The van der Waals surface area contributed by atoms with Gasteiger partial charge in [0.05, 0.1) is 17.4 Å². The van der Waals surface area contributed by atoms with Crippen LogP contribution < -0.4 is 0 Å². The summed E-state index contributed by atoms with van der Waals surface area (Å²) in [6.45, 7) is 13.5. The molecular weight excluding hydrogens is 748 g/mol. The smallest absolute Gasteiger partial charge is 0.338 e. The minimum Gasteiger partial charge on any atom is -0.459 e. The molecule has 4 rings (SSSR count). The summed E-state index contributed by atoms with van der Waals surface area (Å²) < 4.78 is 41.7. The Balaban J connectivity index is 2.26. The third-order valence-corrected chi connectivity index (χ3v) is 10.8. The van der Waals surface area contributed by atoms with Crippen LogP contribution in [0.5, 0.6) is 0 Å². The Hall–Kier alpha value is -4.83. The van der Waals surface area contributed by atoms with Crippen LogP contribution in [-0.2, 0) is 61.9 Å². The maximum absolute atomic E-state index is 14.3. The lowest BCUT2D eigenvalue weighted by Crippen LogP contribution is -2.70. The topological polar surface area (TPSA) is 225 Å². The highest BCUT2D eigenvalue weighted by atomic mass is 16.6. The number of aliphatic hydroxyl groups is 2. The van der Waals surface area contributed by atoms with Gasteiger partial charge in [-0.3, -0.25) is 28.8 Å². The number of hydrogen-bond donors (Lipinski definition) is 2. The van der Waals surface area contributed by atoms with Crippen molar-refractivity contribution in [2.75, 3.05) is 0 Å². The fourth-order valence-electron chi connectivity index (χ4n) is 8.40. The van der Waals surface area contributed by atoms with Crippen molar-refractivity contribution in [2.45, 2.75) is 142 Å². The molecule has 314 valence electrons. The van der Waals surface area contributed by atoms with E-state index in [1.54, 1.807) is 51.1 Å². The molecule has 11 atom stereocenters. The molecule has 1 heterocycles. The normalized spacial score (nSPS) is 35.4. The number of hydrogen-bond acceptors (Lipinski definition) is 16. The van der Waals surface area contributed by atoms with E-state index in [4.69, 9.17) is 33.2 Å². The summed E-state index contributed by atoms with van der Waals surface area (Å²) in [6, 6.07) is 7.55. The van der Waals surface area contributed by atoms with E-state index in [-0.39, 0.29) is 5.56 Å². The summed E-state index contributed by atoms with van der Waals surface area (Å²) in [7, 11) is 0. The van der Waals surface area contributed by atoms with Gasteiger partial charge >= 0.3 is 41.8 Å². The quantitative estimate of drug-likeness (QED) is 0.218.